The van der Waals surface area contributed by atoms with Gasteiger partial charge in [0, 0.05) is 36.5 Å². The number of likely N-dealkylation sites (tertiary alicyclic amines) is 1. The van der Waals surface area contributed by atoms with Crippen LogP contribution in [0.4, 0.5) is 0 Å². The number of rotatable bonds is 12. The van der Waals surface area contributed by atoms with Crippen molar-refractivity contribution in [3.63, 3.8) is 0 Å². The number of aliphatic hydroxyl groups is 1. The summed E-state index contributed by atoms with van der Waals surface area (Å²) in [6.45, 7) is 20.1. The molecule has 1 saturated heterocycles. The van der Waals surface area contributed by atoms with Crippen LogP contribution >= 0.6 is 0 Å². The first kappa shape index (κ1) is 30.3. The fourth-order valence-corrected chi connectivity index (χ4v) is 11.4. The predicted molar refractivity (Wildman–Crippen MR) is 157 cm³/mol. The van der Waals surface area contributed by atoms with Crippen LogP contribution in [0.2, 0.25) is 16.6 Å². The van der Waals surface area contributed by atoms with Gasteiger partial charge in [0.2, 0.25) is 5.88 Å². The summed E-state index contributed by atoms with van der Waals surface area (Å²) in [6, 6.07) is 9.61. The Balaban J connectivity index is 1.62. The molecule has 0 spiro atoms. The first-order valence-corrected chi connectivity index (χ1v) is 16.4. The van der Waals surface area contributed by atoms with Gasteiger partial charge < -0.3 is 14.3 Å². The second-order valence-electron chi connectivity index (χ2n) is 11.9. The third-order valence-electron chi connectivity index (χ3n) is 8.27. The highest BCUT2D eigenvalue weighted by Crippen LogP contribution is 2.43. The third-order valence-corrected chi connectivity index (χ3v) is 14.3. The normalized spacial score (nSPS) is 16.3. The number of ketones is 1. The van der Waals surface area contributed by atoms with Gasteiger partial charge in [-0.15, -0.1) is 0 Å². The van der Waals surface area contributed by atoms with Crippen molar-refractivity contribution in [2.45, 2.75) is 96.9 Å². The standard InChI is InChI=1S/C31H48N2O4Si/c1-9-18-36-30-13-11-27(20-32-30)31(35)14-16-33(17-15-31)21-28(34)26-10-12-29(25(8)19-26)37-38(22(2)3,23(4)5)24(6)7/h10-13,19-20,22-24,35H,9,14-18,21H2,1-8H3. The molecule has 2 aromatic rings. The molecule has 0 aliphatic carbocycles. The number of aromatic nitrogens is 1. The second-order valence-corrected chi connectivity index (χ2v) is 17.2. The van der Waals surface area contributed by atoms with E-state index in [1.54, 1.807) is 6.20 Å². The number of carbonyl (C=O) groups is 1. The van der Waals surface area contributed by atoms with Gasteiger partial charge in [-0.2, -0.15) is 0 Å². The number of benzene rings is 1. The monoisotopic (exact) mass is 540 g/mol. The Kier molecular flexibility index (Phi) is 10.2. The Morgan fingerprint density at radius 2 is 1.68 bits per heavy atom. The molecule has 0 amide bonds. The van der Waals surface area contributed by atoms with E-state index in [2.05, 4.69) is 58.4 Å². The Bertz CT molecular complexity index is 1040. The molecule has 0 saturated carbocycles. The summed E-state index contributed by atoms with van der Waals surface area (Å²) in [7, 11) is -2.06. The molecular weight excluding hydrogens is 492 g/mol. The lowest BCUT2D eigenvalue weighted by atomic mass is 9.85. The van der Waals surface area contributed by atoms with E-state index in [-0.39, 0.29) is 5.78 Å². The summed E-state index contributed by atoms with van der Waals surface area (Å²) < 4.78 is 12.4. The third kappa shape index (κ3) is 6.67. The molecule has 1 fully saturated rings. The average Bonchev–Trinajstić information content (AvgIpc) is 2.87. The van der Waals surface area contributed by atoms with Crippen molar-refractivity contribution in [2.75, 3.05) is 26.2 Å². The van der Waals surface area contributed by atoms with Crippen molar-refractivity contribution >= 4 is 14.1 Å². The second kappa shape index (κ2) is 12.8. The summed E-state index contributed by atoms with van der Waals surface area (Å²) in [6.07, 6.45) is 3.77. The van der Waals surface area contributed by atoms with Crippen LogP contribution in [-0.2, 0) is 5.60 Å². The number of hydrogen-bond acceptors (Lipinski definition) is 6. The number of pyridine rings is 1. The maximum Gasteiger partial charge on any atom is 0.258 e. The van der Waals surface area contributed by atoms with Crippen LogP contribution in [-0.4, -0.2) is 55.3 Å². The summed E-state index contributed by atoms with van der Waals surface area (Å²) in [5.41, 5.74) is 3.08. The lowest BCUT2D eigenvalue weighted by Crippen LogP contribution is -2.50. The van der Waals surface area contributed by atoms with Crippen molar-refractivity contribution in [1.29, 1.82) is 0 Å². The summed E-state index contributed by atoms with van der Waals surface area (Å²) in [4.78, 5) is 19.7. The van der Waals surface area contributed by atoms with Gasteiger partial charge in [-0.3, -0.25) is 9.69 Å². The van der Waals surface area contributed by atoms with E-state index in [9.17, 15) is 9.90 Å². The molecule has 1 aromatic heterocycles. The lowest BCUT2D eigenvalue weighted by Gasteiger charge is -2.42. The molecule has 0 radical (unpaired) electrons. The number of Topliss-reactive ketones (excluding diaryl/α,β-unsaturated/α-hetero) is 1. The molecule has 7 heteroatoms. The number of aryl methyl sites for hydroxylation is 1. The Morgan fingerprint density at radius 3 is 2.18 bits per heavy atom. The van der Waals surface area contributed by atoms with E-state index in [4.69, 9.17) is 9.16 Å². The average molecular weight is 541 g/mol. The van der Waals surface area contributed by atoms with E-state index in [0.717, 1.165) is 23.3 Å². The number of carbonyl (C=O) groups excluding carboxylic acids is 1. The number of hydrogen-bond donors (Lipinski definition) is 1. The van der Waals surface area contributed by atoms with E-state index in [0.29, 0.717) is 67.1 Å². The molecule has 210 valence electrons. The molecule has 0 unspecified atom stereocenters. The molecule has 2 heterocycles. The van der Waals surface area contributed by atoms with Gasteiger partial charge >= 0.3 is 0 Å². The van der Waals surface area contributed by atoms with Crippen LogP contribution in [0, 0.1) is 6.92 Å². The molecular formula is C31H48N2O4Si. The van der Waals surface area contributed by atoms with Crippen LogP contribution in [0.15, 0.2) is 36.5 Å². The van der Waals surface area contributed by atoms with Crippen LogP contribution in [0.25, 0.3) is 0 Å². The van der Waals surface area contributed by atoms with Gasteiger partial charge in [0.25, 0.3) is 8.32 Å². The zero-order valence-corrected chi connectivity index (χ0v) is 25.7. The predicted octanol–water partition coefficient (Wildman–Crippen LogP) is 6.90. The van der Waals surface area contributed by atoms with Gasteiger partial charge in [0.05, 0.1) is 18.8 Å². The zero-order chi connectivity index (χ0) is 28.1. The molecule has 0 bridgehead atoms. The molecule has 0 atom stereocenters. The topological polar surface area (TPSA) is 71.9 Å². The summed E-state index contributed by atoms with van der Waals surface area (Å²) in [5.74, 6) is 1.59. The Labute approximate surface area is 230 Å². The lowest BCUT2D eigenvalue weighted by molar-refractivity contribution is -0.0248. The minimum atomic E-state index is -2.06. The highest BCUT2D eigenvalue weighted by atomic mass is 28.4. The molecule has 6 nitrogen and oxygen atoms in total. The van der Waals surface area contributed by atoms with E-state index >= 15 is 0 Å². The zero-order valence-electron chi connectivity index (χ0n) is 24.7. The van der Waals surface area contributed by atoms with Crippen molar-refractivity contribution < 1.29 is 19.1 Å². The van der Waals surface area contributed by atoms with Crippen LogP contribution in [0.5, 0.6) is 11.6 Å². The SMILES string of the molecule is CCCOc1ccc(C2(O)CCN(CC(=O)c3ccc(O[Si](C(C)C)(C(C)C)C(C)C)c(C)c3)CC2)cn1. The largest absolute Gasteiger partial charge is 0.543 e. The first-order valence-electron chi connectivity index (χ1n) is 14.3. The summed E-state index contributed by atoms with van der Waals surface area (Å²) >= 11 is 0. The molecule has 1 aromatic carbocycles. The van der Waals surface area contributed by atoms with Crippen molar-refractivity contribution in [2.24, 2.45) is 0 Å². The molecule has 1 N–H and O–H groups in total. The number of ether oxygens (including phenoxy) is 1. The van der Waals surface area contributed by atoms with Gasteiger partial charge in [0.15, 0.2) is 5.78 Å². The minimum absolute atomic E-state index is 0.101. The van der Waals surface area contributed by atoms with Crippen molar-refractivity contribution in [1.82, 2.24) is 9.88 Å². The molecule has 1 aliphatic rings. The summed E-state index contributed by atoms with van der Waals surface area (Å²) in [5, 5.41) is 11.3. The maximum absolute atomic E-state index is 13.2. The van der Waals surface area contributed by atoms with Crippen LogP contribution in [0.3, 0.4) is 0 Å². The van der Waals surface area contributed by atoms with E-state index in [1.807, 2.05) is 37.3 Å². The smallest absolute Gasteiger partial charge is 0.258 e. The quantitative estimate of drug-likeness (QED) is 0.233. The van der Waals surface area contributed by atoms with Gasteiger partial charge in [-0.25, -0.2) is 4.98 Å². The van der Waals surface area contributed by atoms with E-state index in [1.165, 1.54) is 0 Å². The van der Waals surface area contributed by atoms with Gasteiger partial charge in [0.1, 0.15) is 5.75 Å². The minimum Gasteiger partial charge on any atom is -0.543 e. The van der Waals surface area contributed by atoms with Crippen molar-refractivity contribution in [3.05, 3.63) is 53.2 Å². The van der Waals surface area contributed by atoms with Gasteiger partial charge in [-0.05, 0) is 72.6 Å². The fourth-order valence-electron chi connectivity index (χ4n) is 6.09. The van der Waals surface area contributed by atoms with Crippen molar-refractivity contribution in [3.8, 4) is 11.6 Å². The molecule has 3 rings (SSSR count). The Morgan fingerprint density at radius 1 is 1.05 bits per heavy atom. The van der Waals surface area contributed by atoms with E-state index < -0.39 is 13.9 Å². The molecule has 38 heavy (non-hydrogen) atoms. The molecule has 1 aliphatic heterocycles. The highest BCUT2D eigenvalue weighted by molar-refractivity contribution is 6.78. The maximum atomic E-state index is 13.2. The van der Waals surface area contributed by atoms with Crippen LogP contribution < -0.4 is 9.16 Å². The highest BCUT2D eigenvalue weighted by Gasteiger charge is 2.47. The first-order chi connectivity index (χ1) is 17.9. The number of nitrogens with zero attached hydrogens (tertiary/aromatic N) is 2. The van der Waals surface area contributed by atoms with Gasteiger partial charge in [-0.1, -0.05) is 48.5 Å². The Hall–Kier alpha value is -2.22. The number of piperidine rings is 1. The van der Waals surface area contributed by atoms with Crippen LogP contribution in [0.1, 0.15) is 89.2 Å². The fraction of sp³-hybridized carbons (Fsp3) is 0.613.